The fourth-order valence-electron chi connectivity index (χ4n) is 3.02. The van der Waals surface area contributed by atoms with Gasteiger partial charge in [0.1, 0.15) is 5.82 Å². The molecular formula is C18H19BrFN. The highest BCUT2D eigenvalue weighted by Gasteiger charge is 2.30. The zero-order valence-corrected chi connectivity index (χ0v) is 13.7. The lowest BCUT2D eigenvalue weighted by Crippen LogP contribution is -2.39. The third-order valence-electron chi connectivity index (χ3n) is 4.36. The molecule has 0 bridgehead atoms. The molecule has 0 unspecified atom stereocenters. The van der Waals surface area contributed by atoms with Crippen LogP contribution in [-0.2, 0) is 6.54 Å². The third kappa shape index (κ3) is 3.35. The molecule has 1 aliphatic rings. The fraction of sp³-hybridized carbons (Fsp3) is 0.333. The zero-order chi connectivity index (χ0) is 14.8. The largest absolute Gasteiger partial charge is 0.310 e. The Kier molecular flexibility index (Phi) is 4.41. The monoisotopic (exact) mass is 347 g/mol. The van der Waals surface area contributed by atoms with Crippen LogP contribution in [0.3, 0.4) is 0 Å². The summed E-state index contributed by atoms with van der Waals surface area (Å²) >= 11 is 3.47. The summed E-state index contributed by atoms with van der Waals surface area (Å²) in [6, 6.07) is 14.0. The fourth-order valence-corrected chi connectivity index (χ4v) is 3.40. The molecule has 1 nitrogen and oxygen atoms in total. The van der Waals surface area contributed by atoms with E-state index in [1.54, 1.807) is 12.1 Å². The van der Waals surface area contributed by atoms with Gasteiger partial charge in [0.15, 0.2) is 0 Å². The van der Waals surface area contributed by atoms with Gasteiger partial charge in [-0.2, -0.15) is 0 Å². The molecule has 110 valence electrons. The van der Waals surface area contributed by atoms with Gasteiger partial charge in [-0.15, -0.1) is 0 Å². The molecule has 3 heteroatoms. The second-order valence-corrected chi connectivity index (χ2v) is 6.69. The van der Waals surface area contributed by atoms with Gasteiger partial charge in [-0.25, -0.2) is 4.39 Å². The first-order valence-electron chi connectivity index (χ1n) is 7.36. The van der Waals surface area contributed by atoms with Gasteiger partial charge in [-0.3, -0.25) is 0 Å². The van der Waals surface area contributed by atoms with Gasteiger partial charge in [0.25, 0.3) is 0 Å². The minimum Gasteiger partial charge on any atom is -0.310 e. The Bertz CT molecular complexity index is 635. The zero-order valence-electron chi connectivity index (χ0n) is 12.1. The van der Waals surface area contributed by atoms with Crippen LogP contribution in [0, 0.1) is 12.7 Å². The summed E-state index contributed by atoms with van der Waals surface area (Å²) in [4.78, 5) is 0. The molecule has 0 spiro atoms. The lowest BCUT2D eigenvalue weighted by atomic mass is 9.74. The molecule has 2 aromatic rings. The van der Waals surface area contributed by atoms with Crippen molar-refractivity contribution in [2.75, 3.05) is 0 Å². The van der Waals surface area contributed by atoms with Crippen LogP contribution in [0.2, 0.25) is 0 Å². The number of rotatable bonds is 4. The maximum Gasteiger partial charge on any atom is 0.123 e. The van der Waals surface area contributed by atoms with Crippen molar-refractivity contribution >= 4 is 15.9 Å². The molecule has 0 atom stereocenters. The Hall–Kier alpha value is -1.19. The van der Waals surface area contributed by atoms with Crippen molar-refractivity contribution in [1.82, 2.24) is 5.32 Å². The first kappa shape index (κ1) is 14.7. The van der Waals surface area contributed by atoms with Crippen LogP contribution in [-0.4, -0.2) is 6.04 Å². The predicted molar refractivity (Wildman–Crippen MR) is 87.9 cm³/mol. The summed E-state index contributed by atoms with van der Waals surface area (Å²) in [6.45, 7) is 2.89. The molecular weight excluding hydrogens is 329 g/mol. The van der Waals surface area contributed by atoms with Crippen molar-refractivity contribution in [2.45, 2.75) is 38.3 Å². The minimum absolute atomic E-state index is 0.179. The molecule has 0 aromatic heterocycles. The van der Waals surface area contributed by atoms with Gasteiger partial charge >= 0.3 is 0 Å². The van der Waals surface area contributed by atoms with Crippen LogP contribution in [0.4, 0.5) is 4.39 Å². The van der Waals surface area contributed by atoms with Crippen LogP contribution < -0.4 is 5.32 Å². The maximum absolute atomic E-state index is 13.2. The molecule has 0 saturated heterocycles. The molecule has 2 aromatic carbocycles. The standard InChI is InChI=1S/C18H19BrFN/c1-12-4-2-3-5-17(12)13-9-16(10-13)21-11-14-8-15(20)6-7-18(14)19/h2-8,13,16,21H,9-11H2,1H3. The van der Waals surface area contributed by atoms with Gasteiger partial charge in [0, 0.05) is 17.1 Å². The van der Waals surface area contributed by atoms with E-state index in [1.165, 1.54) is 17.2 Å². The number of hydrogen-bond acceptors (Lipinski definition) is 1. The van der Waals surface area contributed by atoms with Crippen molar-refractivity contribution in [3.63, 3.8) is 0 Å². The van der Waals surface area contributed by atoms with Crippen LogP contribution in [0.15, 0.2) is 46.9 Å². The maximum atomic E-state index is 13.2. The Labute approximate surface area is 133 Å². The van der Waals surface area contributed by atoms with E-state index in [1.807, 2.05) is 0 Å². The van der Waals surface area contributed by atoms with Crippen molar-refractivity contribution in [3.05, 3.63) is 69.4 Å². The summed E-state index contributed by atoms with van der Waals surface area (Å²) in [6.07, 6.45) is 2.33. The van der Waals surface area contributed by atoms with E-state index >= 15 is 0 Å². The Balaban J connectivity index is 1.54. The molecule has 1 fully saturated rings. The average molecular weight is 348 g/mol. The Morgan fingerprint density at radius 1 is 1.19 bits per heavy atom. The van der Waals surface area contributed by atoms with Crippen molar-refractivity contribution in [2.24, 2.45) is 0 Å². The molecule has 3 rings (SSSR count). The summed E-state index contributed by atoms with van der Waals surface area (Å²) in [5, 5.41) is 3.53. The highest BCUT2D eigenvalue weighted by Crippen LogP contribution is 2.38. The predicted octanol–water partition coefficient (Wildman–Crippen LogP) is 4.93. The van der Waals surface area contributed by atoms with Gasteiger partial charge in [0.05, 0.1) is 0 Å². The number of hydrogen-bond donors (Lipinski definition) is 1. The first-order chi connectivity index (χ1) is 10.1. The van der Waals surface area contributed by atoms with E-state index in [0.717, 1.165) is 22.9 Å². The van der Waals surface area contributed by atoms with E-state index in [4.69, 9.17) is 0 Å². The number of aryl methyl sites for hydroxylation is 1. The summed E-state index contributed by atoms with van der Waals surface area (Å²) in [5.41, 5.74) is 3.84. The summed E-state index contributed by atoms with van der Waals surface area (Å²) < 4.78 is 14.2. The van der Waals surface area contributed by atoms with E-state index in [9.17, 15) is 4.39 Å². The normalized spacial score (nSPS) is 21.1. The lowest BCUT2D eigenvalue weighted by molar-refractivity contribution is 0.288. The number of nitrogens with one attached hydrogen (secondary N) is 1. The quantitative estimate of drug-likeness (QED) is 0.826. The minimum atomic E-state index is -0.179. The van der Waals surface area contributed by atoms with E-state index < -0.39 is 0 Å². The van der Waals surface area contributed by atoms with E-state index in [2.05, 4.69) is 52.4 Å². The topological polar surface area (TPSA) is 12.0 Å². The SMILES string of the molecule is Cc1ccccc1C1CC(NCc2cc(F)ccc2Br)C1. The molecule has 0 radical (unpaired) electrons. The molecule has 1 saturated carbocycles. The van der Waals surface area contributed by atoms with E-state index in [-0.39, 0.29) is 5.82 Å². The van der Waals surface area contributed by atoms with Gasteiger partial charge < -0.3 is 5.32 Å². The lowest BCUT2D eigenvalue weighted by Gasteiger charge is -2.37. The van der Waals surface area contributed by atoms with Crippen LogP contribution in [0.1, 0.15) is 35.4 Å². The highest BCUT2D eigenvalue weighted by molar-refractivity contribution is 9.10. The molecule has 21 heavy (non-hydrogen) atoms. The summed E-state index contributed by atoms with van der Waals surface area (Å²) in [5.74, 6) is 0.487. The average Bonchev–Trinajstić information content (AvgIpc) is 2.42. The summed E-state index contributed by atoms with van der Waals surface area (Å²) in [7, 11) is 0. The van der Waals surface area contributed by atoms with Crippen LogP contribution >= 0.6 is 15.9 Å². The van der Waals surface area contributed by atoms with Crippen molar-refractivity contribution in [3.8, 4) is 0 Å². The molecule has 0 heterocycles. The second kappa shape index (κ2) is 6.29. The van der Waals surface area contributed by atoms with Crippen molar-refractivity contribution < 1.29 is 4.39 Å². The first-order valence-corrected chi connectivity index (χ1v) is 8.15. The second-order valence-electron chi connectivity index (χ2n) is 5.84. The highest BCUT2D eigenvalue weighted by atomic mass is 79.9. The third-order valence-corrected chi connectivity index (χ3v) is 5.13. The number of benzene rings is 2. The Morgan fingerprint density at radius 2 is 1.95 bits per heavy atom. The van der Waals surface area contributed by atoms with Gasteiger partial charge in [-0.1, -0.05) is 40.2 Å². The van der Waals surface area contributed by atoms with Crippen LogP contribution in [0.5, 0.6) is 0 Å². The van der Waals surface area contributed by atoms with Crippen LogP contribution in [0.25, 0.3) is 0 Å². The molecule has 1 N–H and O–H groups in total. The molecule has 0 aliphatic heterocycles. The van der Waals surface area contributed by atoms with Gasteiger partial charge in [0.2, 0.25) is 0 Å². The number of halogens is 2. The molecule has 0 amide bonds. The molecule has 1 aliphatic carbocycles. The Morgan fingerprint density at radius 3 is 2.71 bits per heavy atom. The van der Waals surface area contributed by atoms with Crippen molar-refractivity contribution in [1.29, 1.82) is 0 Å². The van der Waals surface area contributed by atoms with Gasteiger partial charge in [-0.05, 0) is 60.6 Å². The van der Waals surface area contributed by atoms with E-state index in [0.29, 0.717) is 18.5 Å². The smallest absolute Gasteiger partial charge is 0.123 e.